The molecule has 112 valence electrons. The summed E-state index contributed by atoms with van der Waals surface area (Å²) in [5, 5.41) is 8.94. The van der Waals surface area contributed by atoms with Crippen molar-refractivity contribution in [1.82, 2.24) is 9.78 Å². The van der Waals surface area contributed by atoms with Crippen molar-refractivity contribution in [2.75, 3.05) is 13.2 Å². The summed E-state index contributed by atoms with van der Waals surface area (Å²) in [6.07, 6.45) is 5.89. The highest BCUT2D eigenvalue weighted by Gasteiger charge is 2.27. The molecule has 4 nitrogen and oxygen atoms in total. The first-order chi connectivity index (χ1) is 10.4. The average molecular weight is 304 g/mol. The molecule has 1 saturated carbocycles. The maximum Gasteiger partial charge on any atom is 0.125 e. The monoisotopic (exact) mass is 304 g/mol. The van der Waals surface area contributed by atoms with Crippen molar-refractivity contribution < 1.29 is 9.47 Å². The fraction of sp³-hybridized carbons (Fsp3) is 0.562. The summed E-state index contributed by atoms with van der Waals surface area (Å²) in [6.45, 7) is 3.08. The summed E-state index contributed by atoms with van der Waals surface area (Å²) in [6, 6.07) is 2.10. The van der Waals surface area contributed by atoms with Crippen molar-refractivity contribution in [3.8, 4) is 0 Å². The van der Waals surface area contributed by atoms with Crippen molar-refractivity contribution in [2.24, 2.45) is 5.92 Å². The Balaban J connectivity index is 1.38. The Hall–Kier alpha value is -1.17. The zero-order valence-corrected chi connectivity index (χ0v) is 12.8. The van der Waals surface area contributed by atoms with Gasteiger partial charge in [-0.1, -0.05) is 0 Å². The van der Waals surface area contributed by atoms with Gasteiger partial charge < -0.3 is 9.47 Å². The molecule has 21 heavy (non-hydrogen) atoms. The summed E-state index contributed by atoms with van der Waals surface area (Å²) in [5.74, 6) is 0.848. The van der Waals surface area contributed by atoms with Gasteiger partial charge in [-0.15, -0.1) is 0 Å². The first-order valence-electron chi connectivity index (χ1n) is 7.65. The van der Waals surface area contributed by atoms with Gasteiger partial charge in [0.2, 0.25) is 0 Å². The standard InChI is InChI=1S/C16H20N2O2S/c1-2-12(1)7-18-8-14-3-5-20-15(16(14)17-18)10-19-9-13-4-6-21-11-13/h4,6,8,11-12,15H,1-3,5,7,9-10H2. The fourth-order valence-electron chi connectivity index (χ4n) is 2.78. The van der Waals surface area contributed by atoms with Crippen LogP contribution in [0.2, 0.25) is 0 Å². The second-order valence-corrected chi connectivity index (χ2v) is 6.74. The van der Waals surface area contributed by atoms with Gasteiger partial charge in [0.1, 0.15) is 6.10 Å². The number of thiophene rings is 1. The van der Waals surface area contributed by atoms with Gasteiger partial charge in [0, 0.05) is 12.7 Å². The first-order valence-corrected chi connectivity index (χ1v) is 8.59. The molecule has 0 spiro atoms. The van der Waals surface area contributed by atoms with Gasteiger partial charge in [0.15, 0.2) is 0 Å². The minimum atomic E-state index is -0.00663. The second kappa shape index (κ2) is 5.91. The zero-order valence-electron chi connectivity index (χ0n) is 12.0. The first kappa shape index (κ1) is 13.5. The number of aromatic nitrogens is 2. The van der Waals surface area contributed by atoms with Crippen LogP contribution in [0, 0.1) is 5.92 Å². The van der Waals surface area contributed by atoms with Gasteiger partial charge in [0.25, 0.3) is 0 Å². The highest BCUT2D eigenvalue weighted by Crippen LogP contribution is 2.32. The van der Waals surface area contributed by atoms with Crippen LogP contribution < -0.4 is 0 Å². The van der Waals surface area contributed by atoms with Crippen LogP contribution in [0.15, 0.2) is 23.0 Å². The number of hydrogen-bond acceptors (Lipinski definition) is 4. The van der Waals surface area contributed by atoms with Crippen molar-refractivity contribution >= 4 is 11.3 Å². The molecule has 0 aromatic carbocycles. The number of hydrogen-bond donors (Lipinski definition) is 0. The normalized spacial score (nSPS) is 21.4. The van der Waals surface area contributed by atoms with Gasteiger partial charge in [-0.25, -0.2) is 0 Å². The summed E-state index contributed by atoms with van der Waals surface area (Å²) < 4.78 is 13.8. The van der Waals surface area contributed by atoms with E-state index in [-0.39, 0.29) is 6.10 Å². The predicted octanol–water partition coefficient (Wildman–Crippen LogP) is 3.19. The SMILES string of the molecule is c1cc(COCC2OCCc3cn(CC4CC4)nc32)cs1. The van der Waals surface area contributed by atoms with E-state index in [0.29, 0.717) is 13.2 Å². The van der Waals surface area contributed by atoms with Crippen LogP contribution in [-0.4, -0.2) is 23.0 Å². The molecular weight excluding hydrogens is 284 g/mol. The van der Waals surface area contributed by atoms with E-state index in [1.54, 1.807) is 11.3 Å². The molecule has 1 fully saturated rings. The van der Waals surface area contributed by atoms with Crippen molar-refractivity contribution in [3.05, 3.63) is 39.8 Å². The molecule has 5 heteroatoms. The second-order valence-electron chi connectivity index (χ2n) is 5.96. The third-order valence-corrected chi connectivity index (χ3v) is 4.86. The van der Waals surface area contributed by atoms with Gasteiger partial charge in [-0.05, 0) is 53.1 Å². The van der Waals surface area contributed by atoms with E-state index < -0.39 is 0 Å². The maximum atomic E-state index is 5.86. The van der Waals surface area contributed by atoms with Gasteiger partial charge in [-0.2, -0.15) is 16.4 Å². The lowest BCUT2D eigenvalue weighted by Gasteiger charge is -2.21. The Kier molecular flexibility index (Phi) is 3.80. The predicted molar refractivity (Wildman–Crippen MR) is 81.3 cm³/mol. The Bertz CT molecular complexity index is 589. The molecule has 4 rings (SSSR count). The highest BCUT2D eigenvalue weighted by atomic mass is 32.1. The molecule has 0 N–H and O–H groups in total. The van der Waals surface area contributed by atoms with Crippen LogP contribution in [0.4, 0.5) is 0 Å². The minimum absolute atomic E-state index is 0.00663. The topological polar surface area (TPSA) is 36.3 Å². The molecule has 0 saturated heterocycles. The zero-order chi connectivity index (χ0) is 14.1. The third kappa shape index (κ3) is 3.20. The molecule has 1 unspecified atom stereocenters. The molecule has 1 aliphatic carbocycles. The fourth-order valence-corrected chi connectivity index (χ4v) is 3.43. The van der Waals surface area contributed by atoms with E-state index in [1.807, 2.05) is 0 Å². The number of fused-ring (bicyclic) bond motifs is 1. The minimum Gasteiger partial charge on any atom is -0.374 e. The van der Waals surface area contributed by atoms with Crippen LogP contribution in [0.5, 0.6) is 0 Å². The molecule has 3 heterocycles. The Morgan fingerprint density at radius 1 is 1.43 bits per heavy atom. The lowest BCUT2D eigenvalue weighted by Crippen LogP contribution is -2.20. The molecule has 2 aliphatic rings. The van der Waals surface area contributed by atoms with Gasteiger partial charge >= 0.3 is 0 Å². The van der Waals surface area contributed by atoms with Crippen molar-refractivity contribution in [1.29, 1.82) is 0 Å². The van der Waals surface area contributed by atoms with Crippen LogP contribution in [0.25, 0.3) is 0 Å². The molecule has 1 aliphatic heterocycles. The molecule has 1 atom stereocenters. The Morgan fingerprint density at radius 2 is 2.38 bits per heavy atom. The van der Waals surface area contributed by atoms with Gasteiger partial charge in [-0.3, -0.25) is 4.68 Å². The molecule has 0 amide bonds. The molecule has 2 aromatic heterocycles. The van der Waals surface area contributed by atoms with Crippen LogP contribution in [-0.2, 0) is 29.0 Å². The Labute approximate surface area is 128 Å². The number of rotatable bonds is 6. The third-order valence-electron chi connectivity index (χ3n) is 4.13. The van der Waals surface area contributed by atoms with Crippen molar-refractivity contribution in [3.63, 3.8) is 0 Å². The lowest BCUT2D eigenvalue weighted by atomic mass is 10.1. The highest BCUT2D eigenvalue weighted by molar-refractivity contribution is 7.07. The quantitative estimate of drug-likeness (QED) is 0.822. The number of ether oxygens (including phenoxy) is 2. The van der Waals surface area contributed by atoms with E-state index in [0.717, 1.165) is 31.2 Å². The maximum absolute atomic E-state index is 5.86. The summed E-state index contributed by atoms with van der Waals surface area (Å²) in [4.78, 5) is 0. The van der Waals surface area contributed by atoms with E-state index in [1.165, 1.54) is 24.0 Å². The van der Waals surface area contributed by atoms with Crippen LogP contribution >= 0.6 is 11.3 Å². The Morgan fingerprint density at radius 3 is 3.19 bits per heavy atom. The molecule has 0 bridgehead atoms. The van der Waals surface area contributed by atoms with Crippen molar-refractivity contribution in [2.45, 2.75) is 38.5 Å². The summed E-state index contributed by atoms with van der Waals surface area (Å²) in [5.41, 5.74) is 3.66. The van der Waals surface area contributed by atoms with E-state index in [4.69, 9.17) is 14.6 Å². The van der Waals surface area contributed by atoms with Crippen LogP contribution in [0.3, 0.4) is 0 Å². The summed E-state index contributed by atoms with van der Waals surface area (Å²) >= 11 is 1.70. The molecule has 2 aromatic rings. The summed E-state index contributed by atoms with van der Waals surface area (Å²) in [7, 11) is 0. The lowest BCUT2D eigenvalue weighted by molar-refractivity contribution is -0.0320. The van der Waals surface area contributed by atoms with E-state index in [2.05, 4.69) is 27.7 Å². The van der Waals surface area contributed by atoms with E-state index in [9.17, 15) is 0 Å². The molecule has 0 radical (unpaired) electrons. The van der Waals surface area contributed by atoms with E-state index >= 15 is 0 Å². The van der Waals surface area contributed by atoms with Gasteiger partial charge in [0.05, 0.1) is 25.5 Å². The number of nitrogens with zero attached hydrogens (tertiary/aromatic N) is 2. The smallest absolute Gasteiger partial charge is 0.125 e. The average Bonchev–Trinajstić information content (AvgIpc) is 3.00. The molecular formula is C16H20N2O2S. The van der Waals surface area contributed by atoms with Crippen LogP contribution in [0.1, 0.15) is 35.8 Å². The largest absolute Gasteiger partial charge is 0.374 e.